The minimum atomic E-state index is -1.14. The maximum Gasteiger partial charge on any atom is 0.320 e. The van der Waals surface area contributed by atoms with E-state index < -0.39 is 12.0 Å². The van der Waals surface area contributed by atoms with Crippen LogP contribution in [0.4, 0.5) is 0 Å². The fraction of sp³-hybridized carbons (Fsp3) is 0.200. The van der Waals surface area contributed by atoms with E-state index in [0.29, 0.717) is 11.8 Å². The second-order valence-corrected chi connectivity index (χ2v) is 3.12. The SMILES string of the molecule is NC(Cc1cccc(O)c1C=O)C(=O)O. The molecule has 0 amide bonds. The van der Waals surface area contributed by atoms with Crippen molar-refractivity contribution in [1.29, 1.82) is 0 Å². The first kappa shape index (κ1) is 11.2. The number of phenols is 1. The number of aliphatic carboxylic acids is 1. The number of aldehydes is 1. The molecule has 0 aliphatic heterocycles. The van der Waals surface area contributed by atoms with E-state index in [2.05, 4.69) is 0 Å². The number of phenolic OH excluding ortho intramolecular Hbond substituents is 1. The topological polar surface area (TPSA) is 101 Å². The van der Waals surface area contributed by atoms with Gasteiger partial charge in [-0.25, -0.2) is 0 Å². The number of carboxylic acids is 1. The van der Waals surface area contributed by atoms with Gasteiger partial charge in [0.2, 0.25) is 0 Å². The second kappa shape index (κ2) is 4.56. The number of aromatic hydroxyl groups is 1. The van der Waals surface area contributed by atoms with Crippen molar-refractivity contribution in [2.75, 3.05) is 0 Å². The molecule has 1 aromatic carbocycles. The van der Waals surface area contributed by atoms with Gasteiger partial charge in [0.1, 0.15) is 11.8 Å². The van der Waals surface area contributed by atoms with Gasteiger partial charge in [0, 0.05) is 0 Å². The lowest BCUT2D eigenvalue weighted by atomic mass is 10.0. The maximum atomic E-state index is 10.7. The Morgan fingerprint density at radius 3 is 2.73 bits per heavy atom. The zero-order valence-electron chi connectivity index (χ0n) is 7.88. The van der Waals surface area contributed by atoms with Crippen LogP contribution in [-0.4, -0.2) is 28.5 Å². The van der Waals surface area contributed by atoms with Gasteiger partial charge >= 0.3 is 5.97 Å². The summed E-state index contributed by atoms with van der Waals surface area (Å²) in [7, 11) is 0. The summed E-state index contributed by atoms with van der Waals surface area (Å²) in [6.45, 7) is 0. The summed E-state index contributed by atoms with van der Waals surface area (Å²) in [5.74, 6) is -1.31. The van der Waals surface area contributed by atoms with Crippen LogP contribution in [0.1, 0.15) is 15.9 Å². The minimum absolute atomic E-state index is 0.0117. The molecule has 1 aromatic rings. The van der Waals surface area contributed by atoms with Crippen LogP contribution in [0.25, 0.3) is 0 Å². The van der Waals surface area contributed by atoms with E-state index in [1.807, 2.05) is 0 Å². The standard InChI is InChI=1S/C10H11NO4/c11-8(10(14)15)4-6-2-1-3-9(13)7(6)5-12/h1-3,5,8,13H,4,11H2,(H,14,15). The van der Waals surface area contributed by atoms with Crippen molar-refractivity contribution in [3.63, 3.8) is 0 Å². The smallest absolute Gasteiger partial charge is 0.320 e. The summed E-state index contributed by atoms with van der Waals surface area (Å²) >= 11 is 0. The van der Waals surface area contributed by atoms with Crippen molar-refractivity contribution in [2.45, 2.75) is 12.5 Å². The van der Waals surface area contributed by atoms with E-state index in [4.69, 9.17) is 10.8 Å². The van der Waals surface area contributed by atoms with Crippen LogP contribution in [0.15, 0.2) is 18.2 Å². The molecular formula is C10H11NO4. The molecule has 0 aromatic heterocycles. The number of hydrogen-bond donors (Lipinski definition) is 3. The number of rotatable bonds is 4. The molecule has 1 unspecified atom stereocenters. The van der Waals surface area contributed by atoms with Crippen LogP contribution in [0.5, 0.6) is 5.75 Å². The zero-order valence-corrected chi connectivity index (χ0v) is 7.88. The Balaban J connectivity index is 2.99. The highest BCUT2D eigenvalue weighted by atomic mass is 16.4. The first-order valence-electron chi connectivity index (χ1n) is 4.30. The first-order valence-corrected chi connectivity index (χ1v) is 4.30. The Morgan fingerprint density at radius 2 is 2.20 bits per heavy atom. The quantitative estimate of drug-likeness (QED) is 0.613. The van der Waals surface area contributed by atoms with Crippen molar-refractivity contribution < 1.29 is 19.8 Å². The zero-order chi connectivity index (χ0) is 11.4. The fourth-order valence-electron chi connectivity index (χ4n) is 1.24. The Labute approximate surface area is 86.1 Å². The molecule has 0 saturated carbocycles. The highest BCUT2D eigenvalue weighted by Gasteiger charge is 2.15. The number of carbonyl (C=O) groups is 2. The van der Waals surface area contributed by atoms with Crippen LogP contribution < -0.4 is 5.73 Å². The van der Waals surface area contributed by atoms with E-state index in [0.717, 1.165) is 0 Å². The van der Waals surface area contributed by atoms with Gasteiger partial charge in [-0.05, 0) is 18.1 Å². The van der Waals surface area contributed by atoms with Crippen molar-refractivity contribution in [3.8, 4) is 5.75 Å². The molecule has 0 fully saturated rings. The van der Waals surface area contributed by atoms with E-state index in [1.165, 1.54) is 12.1 Å². The van der Waals surface area contributed by atoms with E-state index in [9.17, 15) is 14.7 Å². The van der Waals surface area contributed by atoms with Crippen LogP contribution in [0, 0.1) is 0 Å². The number of hydrogen-bond acceptors (Lipinski definition) is 4. The molecule has 80 valence electrons. The third-order valence-corrected chi connectivity index (χ3v) is 2.05. The van der Waals surface area contributed by atoms with Crippen molar-refractivity contribution >= 4 is 12.3 Å². The first-order chi connectivity index (χ1) is 7.06. The molecule has 15 heavy (non-hydrogen) atoms. The lowest BCUT2D eigenvalue weighted by Crippen LogP contribution is -2.32. The van der Waals surface area contributed by atoms with Crippen molar-refractivity contribution in [3.05, 3.63) is 29.3 Å². The molecule has 0 aliphatic carbocycles. The average molecular weight is 209 g/mol. The summed E-state index contributed by atoms with van der Waals surface area (Å²) in [5.41, 5.74) is 5.85. The van der Waals surface area contributed by atoms with E-state index >= 15 is 0 Å². The summed E-state index contributed by atoms with van der Waals surface area (Å²) in [6.07, 6.45) is 0.497. The summed E-state index contributed by atoms with van der Waals surface area (Å²) in [6, 6.07) is 3.38. The summed E-state index contributed by atoms with van der Waals surface area (Å²) < 4.78 is 0. The number of nitrogens with two attached hydrogens (primary N) is 1. The van der Waals surface area contributed by atoms with Gasteiger partial charge in [-0.15, -0.1) is 0 Å². The highest BCUT2D eigenvalue weighted by molar-refractivity contribution is 5.82. The van der Waals surface area contributed by atoms with Gasteiger partial charge in [0.15, 0.2) is 6.29 Å². The summed E-state index contributed by atoms with van der Waals surface area (Å²) in [4.78, 5) is 21.2. The molecular weight excluding hydrogens is 198 g/mol. The third-order valence-electron chi connectivity index (χ3n) is 2.05. The molecule has 1 atom stereocenters. The van der Waals surface area contributed by atoms with Gasteiger partial charge < -0.3 is 15.9 Å². The lowest BCUT2D eigenvalue weighted by Gasteiger charge is -2.09. The Hall–Kier alpha value is -1.88. The molecule has 0 aliphatic rings. The molecule has 5 heteroatoms. The summed E-state index contributed by atoms with van der Waals surface area (Å²) in [5, 5.41) is 17.9. The largest absolute Gasteiger partial charge is 0.507 e. The maximum absolute atomic E-state index is 10.7. The molecule has 0 spiro atoms. The third kappa shape index (κ3) is 2.54. The average Bonchev–Trinajstić information content (AvgIpc) is 2.18. The van der Waals surface area contributed by atoms with E-state index in [1.54, 1.807) is 6.07 Å². The van der Waals surface area contributed by atoms with Gasteiger partial charge in [-0.2, -0.15) is 0 Å². The van der Waals surface area contributed by atoms with Crippen LogP contribution in [-0.2, 0) is 11.2 Å². The molecule has 4 N–H and O–H groups in total. The van der Waals surface area contributed by atoms with Gasteiger partial charge in [-0.1, -0.05) is 12.1 Å². The molecule has 1 rings (SSSR count). The van der Waals surface area contributed by atoms with Crippen LogP contribution in [0.2, 0.25) is 0 Å². The fourth-order valence-corrected chi connectivity index (χ4v) is 1.24. The monoisotopic (exact) mass is 209 g/mol. The second-order valence-electron chi connectivity index (χ2n) is 3.12. The Morgan fingerprint density at radius 1 is 1.53 bits per heavy atom. The van der Waals surface area contributed by atoms with Crippen LogP contribution >= 0.6 is 0 Å². The van der Waals surface area contributed by atoms with Gasteiger partial charge in [0.05, 0.1) is 5.56 Å². The predicted molar refractivity (Wildman–Crippen MR) is 52.8 cm³/mol. The van der Waals surface area contributed by atoms with E-state index in [-0.39, 0.29) is 17.7 Å². The molecule has 0 heterocycles. The number of carbonyl (C=O) groups excluding carboxylic acids is 1. The molecule has 0 saturated heterocycles. The Bertz CT molecular complexity index is 389. The number of carboxylic acid groups (broad SMARTS) is 1. The molecule has 0 radical (unpaired) electrons. The van der Waals surface area contributed by atoms with Crippen molar-refractivity contribution in [1.82, 2.24) is 0 Å². The normalized spacial score (nSPS) is 12.1. The molecule has 0 bridgehead atoms. The van der Waals surface area contributed by atoms with Gasteiger partial charge in [-0.3, -0.25) is 9.59 Å². The number of benzene rings is 1. The van der Waals surface area contributed by atoms with Gasteiger partial charge in [0.25, 0.3) is 0 Å². The molecule has 5 nitrogen and oxygen atoms in total. The van der Waals surface area contributed by atoms with Crippen molar-refractivity contribution in [2.24, 2.45) is 5.73 Å². The predicted octanol–water partition coefficient (Wildman–Crippen LogP) is 0.159. The lowest BCUT2D eigenvalue weighted by molar-refractivity contribution is -0.138. The van der Waals surface area contributed by atoms with Crippen LogP contribution in [0.3, 0.4) is 0 Å². The minimum Gasteiger partial charge on any atom is -0.507 e. The Kier molecular flexibility index (Phi) is 3.41. The highest BCUT2D eigenvalue weighted by Crippen LogP contribution is 2.19.